The molecular formula is C19H20N2O3. The van der Waals surface area contributed by atoms with Crippen LogP contribution < -0.4 is 4.74 Å². The van der Waals surface area contributed by atoms with E-state index in [0.29, 0.717) is 19.7 Å². The van der Waals surface area contributed by atoms with E-state index in [0.717, 1.165) is 22.4 Å². The van der Waals surface area contributed by atoms with E-state index in [-0.39, 0.29) is 12.0 Å². The smallest absolute Gasteiger partial charge is 0.246 e. The number of morpholine rings is 1. The first kappa shape index (κ1) is 16.2. The zero-order valence-corrected chi connectivity index (χ0v) is 13.6. The van der Waals surface area contributed by atoms with E-state index in [9.17, 15) is 4.79 Å². The van der Waals surface area contributed by atoms with Gasteiger partial charge in [0, 0.05) is 18.3 Å². The summed E-state index contributed by atoms with van der Waals surface area (Å²) >= 11 is 0. The van der Waals surface area contributed by atoms with Crippen molar-refractivity contribution in [2.75, 3.05) is 26.8 Å². The van der Waals surface area contributed by atoms with Gasteiger partial charge in [-0.05, 0) is 23.3 Å². The summed E-state index contributed by atoms with van der Waals surface area (Å²) in [6.45, 7) is 5.23. The lowest BCUT2D eigenvalue weighted by atomic mass is 10.0. The number of benzene rings is 1. The van der Waals surface area contributed by atoms with E-state index >= 15 is 0 Å². The zero-order valence-electron chi connectivity index (χ0n) is 13.6. The van der Waals surface area contributed by atoms with Crippen molar-refractivity contribution in [3.05, 3.63) is 60.9 Å². The molecule has 24 heavy (non-hydrogen) atoms. The number of hydrogen-bond acceptors (Lipinski definition) is 4. The number of nitrogens with zero attached hydrogens (tertiary/aromatic N) is 2. The van der Waals surface area contributed by atoms with Gasteiger partial charge >= 0.3 is 0 Å². The van der Waals surface area contributed by atoms with Crippen LogP contribution in [0.4, 0.5) is 0 Å². The average Bonchev–Trinajstić information content (AvgIpc) is 2.67. The summed E-state index contributed by atoms with van der Waals surface area (Å²) in [6.07, 6.45) is 4.72. The topological polar surface area (TPSA) is 51.7 Å². The molecule has 1 atom stereocenters. The Morgan fingerprint density at radius 2 is 2.12 bits per heavy atom. The average molecular weight is 324 g/mol. The molecular weight excluding hydrogens is 304 g/mol. The van der Waals surface area contributed by atoms with E-state index in [1.807, 2.05) is 30.3 Å². The Morgan fingerprint density at radius 3 is 2.83 bits per heavy atom. The summed E-state index contributed by atoms with van der Waals surface area (Å²) in [5.41, 5.74) is 3.10. The molecule has 2 aromatic rings. The van der Waals surface area contributed by atoms with Crippen LogP contribution in [0.5, 0.6) is 5.75 Å². The fourth-order valence-electron chi connectivity index (χ4n) is 2.76. The summed E-state index contributed by atoms with van der Waals surface area (Å²) in [7, 11) is 1.63. The van der Waals surface area contributed by atoms with Gasteiger partial charge in [-0.2, -0.15) is 0 Å². The van der Waals surface area contributed by atoms with Gasteiger partial charge < -0.3 is 14.4 Å². The first-order chi connectivity index (χ1) is 11.7. The molecule has 0 aliphatic carbocycles. The number of ether oxygens (including phenoxy) is 2. The van der Waals surface area contributed by atoms with Crippen molar-refractivity contribution in [3.8, 4) is 16.9 Å². The predicted molar refractivity (Wildman–Crippen MR) is 91.7 cm³/mol. The Hall–Kier alpha value is -2.66. The summed E-state index contributed by atoms with van der Waals surface area (Å²) in [5.74, 6) is 0.674. The van der Waals surface area contributed by atoms with Crippen molar-refractivity contribution in [1.82, 2.24) is 9.88 Å². The van der Waals surface area contributed by atoms with Crippen molar-refractivity contribution in [1.29, 1.82) is 0 Å². The Balaban J connectivity index is 1.76. The maximum absolute atomic E-state index is 11.8. The van der Waals surface area contributed by atoms with Gasteiger partial charge in [-0.25, -0.2) is 0 Å². The molecule has 1 fully saturated rings. The molecule has 124 valence electrons. The van der Waals surface area contributed by atoms with Crippen LogP contribution in [0.3, 0.4) is 0 Å². The van der Waals surface area contributed by atoms with Crippen molar-refractivity contribution < 1.29 is 14.3 Å². The lowest BCUT2D eigenvalue weighted by molar-refractivity contribution is -0.133. The van der Waals surface area contributed by atoms with E-state index in [2.05, 4.69) is 11.6 Å². The molecule has 1 aliphatic rings. The second-order valence-electron chi connectivity index (χ2n) is 5.58. The lowest BCUT2D eigenvalue weighted by Gasteiger charge is -2.32. The first-order valence-corrected chi connectivity index (χ1v) is 7.83. The summed E-state index contributed by atoms with van der Waals surface area (Å²) in [4.78, 5) is 17.7. The third-order valence-corrected chi connectivity index (χ3v) is 4.12. The van der Waals surface area contributed by atoms with E-state index in [1.54, 1.807) is 24.4 Å². The minimum Gasteiger partial charge on any atom is -0.495 e. The minimum atomic E-state index is -0.111. The molecule has 5 nitrogen and oxygen atoms in total. The van der Waals surface area contributed by atoms with Crippen LogP contribution in [-0.2, 0) is 9.53 Å². The molecule has 0 unspecified atom stereocenters. The molecule has 1 saturated heterocycles. The number of pyridine rings is 1. The summed E-state index contributed by atoms with van der Waals surface area (Å²) in [5, 5.41) is 0. The molecule has 0 bridgehead atoms. The van der Waals surface area contributed by atoms with Crippen LogP contribution in [0.25, 0.3) is 11.1 Å². The van der Waals surface area contributed by atoms with Gasteiger partial charge in [0.25, 0.3) is 0 Å². The molecule has 2 heterocycles. The van der Waals surface area contributed by atoms with Gasteiger partial charge in [0.05, 0.1) is 26.5 Å². The SMILES string of the molecule is C=CC(=O)N1CCO[C@H](c2ccc(-c3cncc(OC)c3)cc2)C1. The van der Waals surface area contributed by atoms with Crippen molar-refractivity contribution in [3.63, 3.8) is 0 Å². The highest BCUT2D eigenvalue weighted by atomic mass is 16.5. The first-order valence-electron chi connectivity index (χ1n) is 7.83. The third-order valence-electron chi connectivity index (χ3n) is 4.12. The number of aromatic nitrogens is 1. The molecule has 5 heteroatoms. The number of carbonyl (C=O) groups excluding carboxylic acids is 1. The summed E-state index contributed by atoms with van der Waals surface area (Å²) < 4.78 is 11.0. The Bertz CT molecular complexity index is 728. The fourth-order valence-corrected chi connectivity index (χ4v) is 2.76. The molecule has 1 aromatic carbocycles. The number of rotatable bonds is 4. The molecule has 1 aliphatic heterocycles. The highest BCUT2D eigenvalue weighted by Gasteiger charge is 2.24. The molecule has 0 saturated carbocycles. The second-order valence-corrected chi connectivity index (χ2v) is 5.58. The number of carbonyl (C=O) groups is 1. The van der Waals surface area contributed by atoms with Crippen LogP contribution in [0.1, 0.15) is 11.7 Å². The maximum Gasteiger partial charge on any atom is 0.246 e. The molecule has 3 rings (SSSR count). The minimum absolute atomic E-state index is 0.0534. The number of amides is 1. The largest absolute Gasteiger partial charge is 0.495 e. The van der Waals surface area contributed by atoms with E-state index < -0.39 is 0 Å². The van der Waals surface area contributed by atoms with Crippen LogP contribution in [0.2, 0.25) is 0 Å². The molecule has 0 spiro atoms. The number of hydrogen-bond donors (Lipinski definition) is 0. The van der Waals surface area contributed by atoms with Gasteiger partial charge in [0.15, 0.2) is 0 Å². The van der Waals surface area contributed by atoms with Gasteiger partial charge in [0.2, 0.25) is 5.91 Å². The number of methoxy groups -OCH3 is 1. The van der Waals surface area contributed by atoms with Crippen LogP contribution >= 0.6 is 0 Å². The van der Waals surface area contributed by atoms with E-state index in [4.69, 9.17) is 9.47 Å². The van der Waals surface area contributed by atoms with Crippen LogP contribution in [-0.4, -0.2) is 42.6 Å². The Morgan fingerprint density at radius 1 is 1.33 bits per heavy atom. The lowest BCUT2D eigenvalue weighted by Crippen LogP contribution is -2.41. The monoisotopic (exact) mass is 324 g/mol. The highest BCUT2D eigenvalue weighted by molar-refractivity contribution is 5.87. The van der Waals surface area contributed by atoms with E-state index in [1.165, 1.54) is 6.08 Å². The molecule has 0 radical (unpaired) electrons. The standard InChI is InChI=1S/C19H20N2O3/c1-3-19(22)21-8-9-24-18(13-21)15-6-4-14(5-7-15)16-10-17(23-2)12-20-11-16/h3-7,10-12,18H,1,8-9,13H2,2H3/t18-/m0/s1. The molecule has 1 aromatic heterocycles. The van der Waals surface area contributed by atoms with Gasteiger partial charge in [-0.15, -0.1) is 0 Å². The maximum atomic E-state index is 11.8. The molecule has 0 N–H and O–H groups in total. The van der Waals surface area contributed by atoms with Crippen molar-refractivity contribution >= 4 is 5.91 Å². The summed E-state index contributed by atoms with van der Waals surface area (Å²) in [6, 6.07) is 10.1. The van der Waals surface area contributed by atoms with Crippen LogP contribution in [0, 0.1) is 0 Å². The predicted octanol–water partition coefficient (Wildman–Crippen LogP) is 2.84. The highest BCUT2D eigenvalue weighted by Crippen LogP contribution is 2.27. The normalized spacial score (nSPS) is 17.4. The fraction of sp³-hybridized carbons (Fsp3) is 0.263. The van der Waals surface area contributed by atoms with Crippen molar-refractivity contribution in [2.45, 2.75) is 6.10 Å². The van der Waals surface area contributed by atoms with Gasteiger partial charge in [-0.3, -0.25) is 9.78 Å². The molecule has 1 amide bonds. The quantitative estimate of drug-likeness (QED) is 0.812. The van der Waals surface area contributed by atoms with Crippen LogP contribution in [0.15, 0.2) is 55.4 Å². The third kappa shape index (κ3) is 3.46. The zero-order chi connectivity index (χ0) is 16.9. The van der Waals surface area contributed by atoms with Crippen molar-refractivity contribution in [2.24, 2.45) is 0 Å². The van der Waals surface area contributed by atoms with Gasteiger partial charge in [0.1, 0.15) is 11.9 Å². The second kappa shape index (κ2) is 7.27. The Labute approximate surface area is 141 Å². The Kier molecular flexibility index (Phi) is 4.91. The van der Waals surface area contributed by atoms with Gasteiger partial charge in [-0.1, -0.05) is 30.8 Å².